The molecule has 1 aliphatic heterocycles. The Labute approximate surface area is 215 Å². The van der Waals surface area contributed by atoms with Crippen molar-refractivity contribution in [2.75, 3.05) is 25.7 Å². The maximum atomic E-state index is 13.7. The van der Waals surface area contributed by atoms with Crippen molar-refractivity contribution >= 4 is 23.1 Å². The normalized spacial score (nSPS) is 42.5. The lowest BCUT2D eigenvalue weighted by Crippen LogP contribution is -2.56. The topological polar surface area (TPSA) is 54.5 Å². The van der Waals surface area contributed by atoms with Gasteiger partial charge in [-0.05, 0) is 97.9 Å². The number of nitrogens with zero attached hydrogens (tertiary/aromatic N) is 2. The van der Waals surface area contributed by atoms with E-state index < -0.39 is 0 Å². The van der Waals surface area contributed by atoms with Gasteiger partial charge in [0.15, 0.2) is 5.78 Å². The molecule has 8 unspecified atom stereocenters. The number of nitrogens with one attached hydrogen (secondary N) is 1. The van der Waals surface area contributed by atoms with Crippen LogP contribution in [0.5, 0.6) is 0 Å². The van der Waals surface area contributed by atoms with Crippen LogP contribution in [0.4, 0.5) is 5.69 Å². The fourth-order valence-corrected chi connectivity index (χ4v) is 9.98. The first-order valence-corrected chi connectivity index (χ1v) is 14.4. The summed E-state index contributed by atoms with van der Waals surface area (Å²) in [5.41, 5.74) is 5.80. The summed E-state index contributed by atoms with van der Waals surface area (Å²) in [6.07, 6.45) is 13.3. The van der Waals surface area contributed by atoms with Crippen LogP contribution in [0.1, 0.15) is 77.3 Å². The quantitative estimate of drug-likeness (QED) is 0.510. The summed E-state index contributed by atoms with van der Waals surface area (Å²) >= 11 is 6.11. The molecule has 4 fully saturated rings. The Bertz CT molecular complexity index is 987. The number of hydrazine groups is 1. The van der Waals surface area contributed by atoms with E-state index in [2.05, 4.69) is 24.3 Å². The van der Waals surface area contributed by atoms with Gasteiger partial charge in [0.1, 0.15) is 0 Å². The van der Waals surface area contributed by atoms with Gasteiger partial charge in [-0.25, -0.2) is 5.01 Å². The maximum Gasteiger partial charge on any atom is 0.152 e. The van der Waals surface area contributed by atoms with Crippen molar-refractivity contribution < 1.29 is 9.53 Å². The Morgan fingerprint density at radius 1 is 1.20 bits per heavy atom. The van der Waals surface area contributed by atoms with Crippen LogP contribution < -0.4 is 5.43 Å². The highest BCUT2D eigenvalue weighted by molar-refractivity contribution is 6.30. The zero-order valence-corrected chi connectivity index (χ0v) is 22.4. The molecule has 2 heterocycles. The number of carbonyl (C=O) groups is 1. The molecule has 6 heteroatoms. The minimum absolute atomic E-state index is 0.148. The molecule has 0 spiro atoms. The van der Waals surface area contributed by atoms with Crippen molar-refractivity contribution in [1.82, 2.24) is 9.99 Å². The van der Waals surface area contributed by atoms with Crippen molar-refractivity contribution in [3.63, 3.8) is 0 Å². The van der Waals surface area contributed by atoms with Crippen molar-refractivity contribution in [3.8, 4) is 0 Å². The van der Waals surface area contributed by atoms with E-state index in [0.29, 0.717) is 35.2 Å². The number of Topliss-reactive ketones (excluding diaryl/α,β-unsaturated/α-hetero) is 1. The molecule has 1 N–H and O–H groups in total. The number of rotatable bonds is 5. The number of hydrogen-bond donors (Lipinski definition) is 1. The van der Waals surface area contributed by atoms with E-state index in [1.165, 1.54) is 51.4 Å². The molecular weight excluding hydrogens is 458 g/mol. The van der Waals surface area contributed by atoms with Crippen molar-refractivity contribution in [1.29, 1.82) is 0 Å². The zero-order chi connectivity index (χ0) is 24.4. The molecule has 8 atom stereocenters. The number of methoxy groups -OCH3 is 1. The van der Waals surface area contributed by atoms with Gasteiger partial charge in [0, 0.05) is 19.2 Å². The van der Waals surface area contributed by atoms with Gasteiger partial charge in [-0.15, -0.1) is 0 Å². The second-order valence-electron chi connectivity index (χ2n) is 13.0. The predicted octanol–water partition coefficient (Wildman–Crippen LogP) is 6.37. The smallest absolute Gasteiger partial charge is 0.152 e. The van der Waals surface area contributed by atoms with Crippen LogP contribution >= 0.6 is 11.6 Å². The number of aromatic nitrogens is 1. The highest BCUT2D eigenvalue weighted by Gasteiger charge is 2.62. The van der Waals surface area contributed by atoms with Crippen molar-refractivity contribution in [2.45, 2.75) is 78.2 Å². The van der Waals surface area contributed by atoms with Crippen LogP contribution in [0.15, 0.2) is 12.3 Å². The average Bonchev–Trinajstić information content (AvgIpc) is 3.38. The van der Waals surface area contributed by atoms with Crippen LogP contribution in [-0.2, 0) is 16.1 Å². The Hall–Kier alpha value is -1.17. The third kappa shape index (κ3) is 3.87. The van der Waals surface area contributed by atoms with E-state index in [1.54, 1.807) is 6.20 Å². The van der Waals surface area contributed by atoms with Crippen molar-refractivity contribution in [3.05, 3.63) is 23.0 Å². The van der Waals surface area contributed by atoms with E-state index in [-0.39, 0.29) is 11.3 Å². The fourth-order valence-electron chi connectivity index (χ4n) is 9.82. The number of ether oxygens (including phenoxy) is 1. The van der Waals surface area contributed by atoms with Gasteiger partial charge in [-0.1, -0.05) is 31.9 Å². The first-order chi connectivity index (χ1) is 16.8. The molecule has 0 amide bonds. The lowest BCUT2D eigenvalue weighted by molar-refractivity contribution is -0.154. The third-order valence-corrected chi connectivity index (χ3v) is 11.5. The molecule has 0 radical (unpaired) electrons. The highest BCUT2D eigenvalue weighted by Crippen LogP contribution is 2.68. The predicted molar refractivity (Wildman–Crippen MR) is 139 cm³/mol. The zero-order valence-electron chi connectivity index (χ0n) is 21.7. The third-order valence-electron chi connectivity index (χ3n) is 11.3. The number of ketones is 1. The van der Waals surface area contributed by atoms with Gasteiger partial charge in [0.25, 0.3) is 0 Å². The van der Waals surface area contributed by atoms with Crippen LogP contribution in [0.25, 0.3) is 0 Å². The largest absolute Gasteiger partial charge is 0.384 e. The van der Waals surface area contributed by atoms with E-state index in [0.717, 1.165) is 48.1 Å². The van der Waals surface area contributed by atoms with Crippen LogP contribution in [-0.4, -0.2) is 36.0 Å². The van der Waals surface area contributed by atoms with Crippen LogP contribution in [0.3, 0.4) is 0 Å². The summed E-state index contributed by atoms with van der Waals surface area (Å²) in [4.78, 5) is 18.2. The van der Waals surface area contributed by atoms with Gasteiger partial charge >= 0.3 is 0 Å². The molecule has 4 saturated carbocycles. The van der Waals surface area contributed by atoms with E-state index >= 15 is 0 Å². The standard InChI is InChI=1S/C29H42ClN3O2/c1-18-8-11-29(17-35-3)19(12-18)4-5-21-22-6-7-24(28(22,2)10-9-23(21)29)27(34)16-33-15-26-25(32-33)13-20(30)14-31-26/h13-14,18-19,21-24,32H,4-12,15-17H2,1-3H3. The van der Waals surface area contributed by atoms with Crippen LogP contribution in [0, 0.1) is 46.3 Å². The summed E-state index contributed by atoms with van der Waals surface area (Å²) in [6.45, 7) is 6.97. The monoisotopic (exact) mass is 499 g/mol. The Morgan fingerprint density at radius 2 is 2.06 bits per heavy atom. The Kier molecular flexibility index (Phi) is 6.21. The summed E-state index contributed by atoms with van der Waals surface area (Å²) < 4.78 is 5.95. The first kappa shape index (κ1) is 24.2. The SMILES string of the molecule is COCC12CCC(C)CC1CCC1C3CCC(C(=O)CN4Cc5ncc(Cl)cc5N4)C3(C)CCC12. The molecule has 1 aromatic rings. The average molecular weight is 500 g/mol. The van der Waals surface area contributed by atoms with E-state index in [9.17, 15) is 4.79 Å². The molecule has 35 heavy (non-hydrogen) atoms. The van der Waals surface area contributed by atoms with E-state index in [1.807, 2.05) is 18.2 Å². The molecule has 192 valence electrons. The summed E-state index contributed by atoms with van der Waals surface area (Å²) in [7, 11) is 1.92. The van der Waals surface area contributed by atoms with Gasteiger partial charge in [-0.3, -0.25) is 9.78 Å². The van der Waals surface area contributed by atoms with E-state index in [4.69, 9.17) is 16.3 Å². The molecular formula is C29H42ClN3O2. The number of anilines is 1. The Balaban J connectivity index is 1.17. The fraction of sp³-hybridized carbons (Fsp3) is 0.793. The van der Waals surface area contributed by atoms with Gasteiger partial charge < -0.3 is 10.2 Å². The number of carbonyl (C=O) groups excluding carboxylic acids is 1. The number of pyridine rings is 1. The molecule has 0 bridgehead atoms. The maximum absolute atomic E-state index is 13.7. The molecule has 6 rings (SSSR count). The second-order valence-corrected chi connectivity index (χ2v) is 13.4. The van der Waals surface area contributed by atoms with Crippen molar-refractivity contribution in [2.24, 2.45) is 46.3 Å². The van der Waals surface area contributed by atoms with Crippen LogP contribution in [0.2, 0.25) is 5.02 Å². The lowest BCUT2D eigenvalue weighted by Gasteiger charge is -2.62. The highest BCUT2D eigenvalue weighted by atomic mass is 35.5. The van der Waals surface area contributed by atoms with Gasteiger partial charge in [0.2, 0.25) is 0 Å². The Morgan fingerprint density at radius 3 is 2.89 bits per heavy atom. The molecule has 4 aliphatic carbocycles. The summed E-state index contributed by atoms with van der Waals surface area (Å²) in [6, 6.07) is 1.90. The van der Waals surface area contributed by atoms with Gasteiger partial charge in [0.05, 0.1) is 36.1 Å². The minimum Gasteiger partial charge on any atom is -0.384 e. The molecule has 0 saturated heterocycles. The number of hydrogen-bond acceptors (Lipinski definition) is 5. The van der Waals surface area contributed by atoms with Gasteiger partial charge in [-0.2, -0.15) is 0 Å². The minimum atomic E-state index is 0.148. The number of halogens is 1. The summed E-state index contributed by atoms with van der Waals surface area (Å²) in [5, 5.41) is 2.65. The molecule has 5 nitrogen and oxygen atoms in total. The second kappa shape index (κ2) is 8.99. The molecule has 5 aliphatic rings. The lowest BCUT2D eigenvalue weighted by atomic mass is 9.44. The summed E-state index contributed by atoms with van der Waals surface area (Å²) in [5.74, 6) is 4.53. The number of fused-ring (bicyclic) bond motifs is 6. The molecule has 1 aromatic heterocycles. The molecule has 0 aromatic carbocycles. The first-order valence-electron chi connectivity index (χ1n) is 14.0.